The fraction of sp³-hybridized carbons (Fsp3) is 0.385. The third-order valence-electron chi connectivity index (χ3n) is 2.49. The Labute approximate surface area is 107 Å². The fourth-order valence-electron chi connectivity index (χ4n) is 1.63. The maximum absolute atomic E-state index is 10.9. The molecule has 0 saturated heterocycles. The lowest BCUT2D eigenvalue weighted by Crippen LogP contribution is -2.28. The molecule has 0 spiro atoms. The number of oxime groups is 1. The zero-order chi connectivity index (χ0) is 13.2. The topological polar surface area (TPSA) is 64.9 Å². The zero-order valence-electron chi connectivity index (χ0n) is 10.5. The summed E-state index contributed by atoms with van der Waals surface area (Å²) in [5, 5.41) is 13.4. The largest absolute Gasteiger partial charge is 0.411 e. The van der Waals surface area contributed by atoms with E-state index in [0.717, 1.165) is 25.7 Å². The van der Waals surface area contributed by atoms with Gasteiger partial charge in [-0.05, 0) is 25.6 Å². The first-order chi connectivity index (χ1) is 8.72. The summed E-state index contributed by atoms with van der Waals surface area (Å²) in [5.74, 6) is -0.372. The second-order valence-corrected chi connectivity index (χ2v) is 4.11. The van der Waals surface area contributed by atoms with Crippen molar-refractivity contribution in [1.29, 1.82) is 0 Å². The van der Waals surface area contributed by atoms with Crippen molar-refractivity contribution in [1.82, 2.24) is 10.2 Å². The molecule has 5 heteroatoms. The van der Waals surface area contributed by atoms with Gasteiger partial charge in [-0.1, -0.05) is 35.5 Å². The van der Waals surface area contributed by atoms with Crippen LogP contribution in [0.15, 0.2) is 35.5 Å². The SMILES string of the molecule is CN(CCCNC(=O)C=NO)Cc1ccccc1. The van der Waals surface area contributed by atoms with E-state index in [1.165, 1.54) is 5.56 Å². The molecule has 0 heterocycles. The molecular weight excluding hydrogens is 230 g/mol. The molecule has 0 aliphatic carbocycles. The highest BCUT2D eigenvalue weighted by molar-refractivity contribution is 6.25. The molecule has 0 bridgehead atoms. The molecule has 1 amide bonds. The molecule has 0 radical (unpaired) electrons. The summed E-state index contributed by atoms with van der Waals surface area (Å²) in [5.41, 5.74) is 1.27. The maximum Gasteiger partial charge on any atom is 0.265 e. The minimum absolute atomic E-state index is 0.372. The zero-order valence-corrected chi connectivity index (χ0v) is 10.5. The summed E-state index contributed by atoms with van der Waals surface area (Å²) in [6.45, 7) is 2.36. The normalized spacial score (nSPS) is 11.0. The number of hydrogen-bond donors (Lipinski definition) is 2. The second-order valence-electron chi connectivity index (χ2n) is 4.11. The quantitative estimate of drug-likeness (QED) is 0.329. The number of benzene rings is 1. The van der Waals surface area contributed by atoms with Crippen LogP contribution in [0, 0.1) is 0 Å². The van der Waals surface area contributed by atoms with E-state index >= 15 is 0 Å². The predicted octanol–water partition coefficient (Wildman–Crippen LogP) is 1.08. The first-order valence-electron chi connectivity index (χ1n) is 5.90. The molecule has 0 unspecified atom stereocenters. The third kappa shape index (κ3) is 6.00. The van der Waals surface area contributed by atoms with E-state index in [1.54, 1.807) is 0 Å². The lowest BCUT2D eigenvalue weighted by molar-refractivity contribution is -0.114. The number of nitrogens with zero attached hydrogens (tertiary/aromatic N) is 2. The van der Waals surface area contributed by atoms with Gasteiger partial charge < -0.3 is 15.4 Å². The molecule has 1 rings (SSSR count). The summed E-state index contributed by atoms with van der Waals surface area (Å²) in [6.07, 6.45) is 1.71. The van der Waals surface area contributed by atoms with Crippen LogP contribution in [-0.4, -0.2) is 42.4 Å². The maximum atomic E-state index is 10.9. The summed E-state index contributed by atoms with van der Waals surface area (Å²) in [6, 6.07) is 10.2. The molecule has 0 aromatic heterocycles. The number of carbonyl (C=O) groups is 1. The number of rotatable bonds is 7. The van der Waals surface area contributed by atoms with Crippen molar-refractivity contribution in [2.24, 2.45) is 5.16 Å². The van der Waals surface area contributed by atoms with Gasteiger partial charge in [0.1, 0.15) is 6.21 Å². The van der Waals surface area contributed by atoms with E-state index in [-0.39, 0.29) is 5.91 Å². The lowest BCUT2D eigenvalue weighted by Gasteiger charge is -2.16. The van der Waals surface area contributed by atoms with Crippen LogP contribution < -0.4 is 5.32 Å². The molecule has 5 nitrogen and oxygen atoms in total. The Morgan fingerprint density at radius 3 is 2.83 bits per heavy atom. The Hall–Kier alpha value is -1.88. The van der Waals surface area contributed by atoms with Crippen molar-refractivity contribution in [2.45, 2.75) is 13.0 Å². The van der Waals surface area contributed by atoms with Crippen LogP contribution in [0.4, 0.5) is 0 Å². The number of hydrogen-bond acceptors (Lipinski definition) is 4. The Morgan fingerprint density at radius 2 is 2.17 bits per heavy atom. The fourth-order valence-corrected chi connectivity index (χ4v) is 1.63. The van der Waals surface area contributed by atoms with Crippen LogP contribution >= 0.6 is 0 Å². The van der Waals surface area contributed by atoms with Crippen molar-refractivity contribution < 1.29 is 10.0 Å². The van der Waals surface area contributed by atoms with E-state index in [9.17, 15) is 4.79 Å². The Balaban J connectivity index is 2.14. The van der Waals surface area contributed by atoms with Crippen LogP contribution in [0.5, 0.6) is 0 Å². The first-order valence-corrected chi connectivity index (χ1v) is 5.90. The average molecular weight is 249 g/mol. The molecule has 0 saturated carbocycles. The van der Waals surface area contributed by atoms with E-state index in [1.807, 2.05) is 25.2 Å². The van der Waals surface area contributed by atoms with E-state index in [0.29, 0.717) is 6.54 Å². The molecule has 0 fully saturated rings. The Morgan fingerprint density at radius 1 is 1.44 bits per heavy atom. The van der Waals surface area contributed by atoms with Crippen molar-refractivity contribution in [2.75, 3.05) is 20.1 Å². The van der Waals surface area contributed by atoms with Crippen LogP contribution in [0.1, 0.15) is 12.0 Å². The van der Waals surface area contributed by atoms with Crippen molar-refractivity contribution >= 4 is 12.1 Å². The van der Waals surface area contributed by atoms with E-state index in [4.69, 9.17) is 5.21 Å². The van der Waals surface area contributed by atoms with Crippen molar-refractivity contribution in [3.05, 3.63) is 35.9 Å². The Bertz CT molecular complexity index is 379. The van der Waals surface area contributed by atoms with E-state index in [2.05, 4.69) is 27.5 Å². The van der Waals surface area contributed by atoms with Gasteiger partial charge >= 0.3 is 0 Å². The predicted molar refractivity (Wildman–Crippen MR) is 70.7 cm³/mol. The van der Waals surface area contributed by atoms with Gasteiger partial charge in [0.25, 0.3) is 5.91 Å². The first kappa shape index (κ1) is 14.2. The molecule has 1 aromatic rings. The number of carbonyl (C=O) groups excluding carboxylic acids is 1. The highest BCUT2D eigenvalue weighted by Gasteiger charge is 2.00. The van der Waals surface area contributed by atoms with E-state index < -0.39 is 0 Å². The van der Waals surface area contributed by atoms with Gasteiger partial charge in [-0.15, -0.1) is 0 Å². The van der Waals surface area contributed by atoms with Gasteiger partial charge in [0.2, 0.25) is 0 Å². The summed E-state index contributed by atoms with van der Waals surface area (Å²) < 4.78 is 0. The monoisotopic (exact) mass is 249 g/mol. The average Bonchev–Trinajstić information content (AvgIpc) is 2.36. The standard InChI is InChI=1S/C13H19N3O2/c1-16(11-12-6-3-2-4-7-12)9-5-8-14-13(17)10-15-18/h2-4,6-7,10,18H,5,8-9,11H2,1H3,(H,14,17). The van der Waals surface area contributed by atoms with Gasteiger partial charge in [0.05, 0.1) is 0 Å². The van der Waals surface area contributed by atoms with Crippen LogP contribution in [-0.2, 0) is 11.3 Å². The van der Waals surface area contributed by atoms with Gasteiger partial charge in [-0.25, -0.2) is 0 Å². The lowest BCUT2D eigenvalue weighted by atomic mass is 10.2. The summed E-state index contributed by atoms with van der Waals surface area (Å²) in [4.78, 5) is 13.1. The molecule has 2 N–H and O–H groups in total. The second kappa shape index (κ2) is 8.25. The van der Waals surface area contributed by atoms with Crippen LogP contribution in [0.2, 0.25) is 0 Å². The number of amides is 1. The highest BCUT2D eigenvalue weighted by atomic mass is 16.4. The Kier molecular flexibility index (Phi) is 6.50. The smallest absolute Gasteiger partial charge is 0.265 e. The molecular formula is C13H19N3O2. The van der Waals surface area contributed by atoms with Gasteiger partial charge in [0.15, 0.2) is 0 Å². The molecule has 0 aliphatic heterocycles. The van der Waals surface area contributed by atoms with Gasteiger partial charge in [-0.3, -0.25) is 4.79 Å². The minimum atomic E-state index is -0.372. The molecule has 1 aromatic carbocycles. The van der Waals surface area contributed by atoms with Crippen molar-refractivity contribution in [3.63, 3.8) is 0 Å². The van der Waals surface area contributed by atoms with Crippen LogP contribution in [0.25, 0.3) is 0 Å². The molecule has 0 atom stereocenters. The molecule has 0 aliphatic rings. The minimum Gasteiger partial charge on any atom is -0.411 e. The highest BCUT2D eigenvalue weighted by Crippen LogP contribution is 2.02. The third-order valence-corrected chi connectivity index (χ3v) is 2.49. The molecule has 98 valence electrons. The summed E-state index contributed by atoms with van der Waals surface area (Å²) in [7, 11) is 2.05. The van der Waals surface area contributed by atoms with Gasteiger partial charge in [0, 0.05) is 13.1 Å². The van der Waals surface area contributed by atoms with Crippen LogP contribution in [0.3, 0.4) is 0 Å². The molecule has 18 heavy (non-hydrogen) atoms. The summed E-state index contributed by atoms with van der Waals surface area (Å²) >= 11 is 0. The van der Waals surface area contributed by atoms with Crippen molar-refractivity contribution in [3.8, 4) is 0 Å². The van der Waals surface area contributed by atoms with Gasteiger partial charge in [-0.2, -0.15) is 0 Å². The number of nitrogens with one attached hydrogen (secondary N) is 1.